The van der Waals surface area contributed by atoms with Gasteiger partial charge in [0, 0.05) is 12.2 Å². The van der Waals surface area contributed by atoms with E-state index in [-0.39, 0.29) is 17.2 Å². The largest absolute Gasteiger partial charge is 0.493 e. The van der Waals surface area contributed by atoms with Crippen molar-refractivity contribution < 1.29 is 27.1 Å². The molecule has 7 nitrogen and oxygen atoms in total. The number of ether oxygens (including phenoxy) is 2. The van der Waals surface area contributed by atoms with Crippen LogP contribution in [0.2, 0.25) is 0 Å². The monoisotopic (exact) mass is 458 g/mol. The second-order valence-corrected chi connectivity index (χ2v) is 8.58. The van der Waals surface area contributed by atoms with Crippen LogP contribution in [0.3, 0.4) is 0 Å². The van der Waals surface area contributed by atoms with E-state index in [9.17, 15) is 17.6 Å². The van der Waals surface area contributed by atoms with Crippen LogP contribution in [0.1, 0.15) is 11.1 Å². The maximum absolute atomic E-state index is 13.0. The highest BCUT2D eigenvalue weighted by Crippen LogP contribution is 2.27. The maximum Gasteiger partial charge on any atom is 0.261 e. The molecule has 3 rings (SSSR count). The predicted octanol–water partition coefficient (Wildman–Crippen LogP) is 3.50. The van der Waals surface area contributed by atoms with Crippen LogP contribution in [0.5, 0.6) is 11.5 Å². The highest BCUT2D eigenvalue weighted by molar-refractivity contribution is 7.92. The Bertz CT molecular complexity index is 1180. The van der Waals surface area contributed by atoms with Crippen LogP contribution in [0.4, 0.5) is 10.1 Å². The molecule has 0 saturated carbocycles. The third-order valence-electron chi connectivity index (χ3n) is 4.63. The van der Waals surface area contributed by atoms with E-state index in [0.717, 1.165) is 23.3 Å². The normalized spacial score (nSPS) is 11.0. The number of methoxy groups -OCH3 is 2. The summed E-state index contributed by atoms with van der Waals surface area (Å²) in [7, 11) is -0.732. The van der Waals surface area contributed by atoms with Gasteiger partial charge in [0.15, 0.2) is 11.5 Å². The lowest BCUT2D eigenvalue weighted by Crippen LogP contribution is -2.24. The number of anilines is 1. The Balaban J connectivity index is 1.56. The van der Waals surface area contributed by atoms with E-state index in [1.807, 2.05) is 6.07 Å². The zero-order valence-electron chi connectivity index (χ0n) is 17.6. The summed E-state index contributed by atoms with van der Waals surface area (Å²) in [6, 6.07) is 16.4. The van der Waals surface area contributed by atoms with E-state index in [0.29, 0.717) is 23.7 Å². The standard InChI is InChI=1S/C23H23FN2O5S/c1-30-21-12-5-17(13-22(21)31-2)15-25-23(27)14-16-3-8-19(9-4-16)26-32(28,29)20-10-6-18(24)7-11-20/h3-13,26H,14-15H2,1-2H3,(H,25,27). The van der Waals surface area contributed by atoms with Crippen molar-refractivity contribution in [3.63, 3.8) is 0 Å². The summed E-state index contributed by atoms with van der Waals surface area (Å²) in [5, 5.41) is 2.84. The van der Waals surface area contributed by atoms with Gasteiger partial charge in [-0.05, 0) is 59.7 Å². The van der Waals surface area contributed by atoms with E-state index in [1.54, 1.807) is 50.6 Å². The number of sulfonamides is 1. The van der Waals surface area contributed by atoms with Gasteiger partial charge in [-0.3, -0.25) is 9.52 Å². The van der Waals surface area contributed by atoms with Gasteiger partial charge in [0.1, 0.15) is 5.82 Å². The van der Waals surface area contributed by atoms with Crippen molar-refractivity contribution in [3.8, 4) is 11.5 Å². The number of hydrogen-bond acceptors (Lipinski definition) is 5. The number of nitrogens with one attached hydrogen (secondary N) is 2. The van der Waals surface area contributed by atoms with E-state index < -0.39 is 15.8 Å². The first-order valence-electron chi connectivity index (χ1n) is 9.65. The molecule has 0 atom stereocenters. The van der Waals surface area contributed by atoms with Gasteiger partial charge in [-0.15, -0.1) is 0 Å². The molecule has 3 aromatic rings. The van der Waals surface area contributed by atoms with Crippen molar-refractivity contribution in [2.45, 2.75) is 17.9 Å². The molecule has 3 aromatic carbocycles. The van der Waals surface area contributed by atoms with Crippen molar-refractivity contribution in [3.05, 3.63) is 83.7 Å². The van der Waals surface area contributed by atoms with Gasteiger partial charge in [-0.2, -0.15) is 0 Å². The minimum absolute atomic E-state index is 0.0440. The lowest BCUT2D eigenvalue weighted by Gasteiger charge is -2.11. The quantitative estimate of drug-likeness (QED) is 0.512. The second-order valence-electron chi connectivity index (χ2n) is 6.90. The van der Waals surface area contributed by atoms with Crippen molar-refractivity contribution in [1.29, 1.82) is 0 Å². The van der Waals surface area contributed by atoms with Crippen LogP contribution in [0.25, 0.3) is 0 Å². The van der Waals surface area contributed by atoms with Crippen LogP contribution in [-0.2, 0) is 27.8 Å². The fourth-order valence-electron chi connectivity index (χ4n) is 2.96. The Labute approximate surface area is 186 Å². The molecule has 1 amide bonds. The van der Waals surface area contributed by atoms with Crippen molar-refractivity contribution in [1.82, 2.24) is 5.32 Å². The van der Waals surface area contributed by atoms with Gasteiger partial charge in [0.2, 0.25) is 5.91 Å². The second kappa shape index (κ2) is 10.1. The number of amides is 1. The molecule has 0 heterocycles. The van der Waals surface area contributed by atoms with Crippen LogP contribution in [0, 0.1) is 5.82 Å². The lowest BCUT2D eigenvalue weighted by molar-refractivity contribution is -0.120. The Morgan fingerprint density at radius 3 is 2.12 bits per heavy atom. The highest BCUT2D eigenvalue weighted by Gasteiger charge is 2.14. The first kappa shape index (κ1) is 23.1. The summed E-state index contributed by atoms with van der Waals surface area (Å²) in [4.78, 5) is 12.2. The third kappa shape index (κ3) is 5.98. The van der Waals surface area contributed by atoms with Gasteiger partial charge in [0.05, 0.1) is 25.5 Å². The van der Waals surface area contributed by atoms with Crippen molar-refractivity contribution in [2.75, 3.05) is 18.9 Å². The van der Waals surface area contributed by atoms with Crippen LogP contribution < -0.4 is 19.5 Å². The molecule has 0 aliphatic heterocycles. The van der Waals surface area contributed by atoms with Crippen LogP contribution >= 0.6 is 0 Å². The zero-order chi connectivity index (χ0) is 23.1. The molecule has 168 valence electrons. The smallest absolute Gasteiger partial charge is 0.261 e. The van der Waals surface area contributed by atoms with Crippen LogP contribution in [-0.4, -0.2) is 28.5 Å². The van der Waals surface area contributed by atoms with E-state index in [4.69, 9.17) is 9.47 Å². The van der Waals surface area contributed by atoms with Crippen LogP contribution in [0.15, 0.2) is 71.6 Å². The van der Waals surface area contributed by atoms with Crippen molar-refractivity contribution in [2.24, 2.45) is 0 Å². The number of carbonyl (C=O) groups excluding carboxylic acids is 1. The number of benzene rings is 3. The SMILES string of the molecule is COc1ccc(CNC(=O)Cc2ccc(NS(=O)(=O)c3ccc(F)cc3)cc2)cc1OC. The van der Waals surface area contributed by atoms with E-state index in [2.05, 4.69) is 10.0 Å². The maximum atomic E-state index is 13.0. The summed E-state index contributed by atoms with van der Waals surface area (Å²) in [6.07, 6.45) is 0.137. The molecule has 0 bridgehead atoms. The first-order chi connectivity index (χ1) is 15.3. The predicted molar refractivity (Wildman–Crippen MR) is 119 cm³/mol. The van der Waals surface area contributed by atoms with Gasteiger partial charge < -0.3 is 14.8 Å². The molecule has 0 unspecified atom stereocenters. The molecule has 0 saturated heterocycles. The molecule has 0 spiro atoms. The fraction of sp³-hybridized carbons (Fsp3) is 0.174. The molecule has 32 heavy (non-hydrogen) atoms. The minimum atomic E-state index is -3.83. The zero-order valence-corrected chi connectivity index (χ0v) is 18.4. The summed E-state index contributed by atoms with van der Waals surface area (Å²) < 4.78 is 50.6. The average molecular weight is 459 g/mol. The third-order valence-corrected chi connectivity index (χ3v) is 6.03. The average Bonchev–Trinajstić information content (AvgIpc) is 2.79. The molecule has 9 heteroatoms. The summed E-state index contributed by atoms with van der Waals surface area (Å²) in [5.74, 6) is 0.493. The number of hydrogen-bond donors (Lipinski definition) is 2. The van der Waals surface area contributed by atoms with E-state index >= 15 is 0 Å². The number of carbonyl (C=O) groups is 1. The van der Waals surface area contributed by atoms with Gasteiger partial charge >= 0.3 is 0 Å². The van der Waals surface area contributed by atoms with E-state index in [1.165, 1.54) is 12.1 Å². The summed E-state index contributed by atoms with van der Waals surface area (Å²) in [5.41, 5.74) is 1.92. The molecule has 0 aliphatic carbocycles. The summed E-state index contributed by atoms with van der Waals surface area (Å²) >= 11 is 0. The van der Waals surface area contributed by atoms with Gasteiger partial charge in [-0.1, -0.05) is 18.2 Å². The number of halogens is 1. The molecule has 0 radical (unpaired) electrons. The Kier molecular flexibility index (Phi) is 7.32. The van der Waals surface area contributed by atoms with Gasteiger partial charge in [-0.25, -0.2) is 12.8 Å². The first-order valence-corrected chi connectivity index (χ1v) is 11.1. The molecular weight excluding hydrogens is 435 g/mol. The fourth-order valence-corrected chi connectivity index (χ4v) is 4.02. The lowest BCUT2D eigenvalue weighted by atomic mass is 10.1. The molecule has 0 aromatic heterocycles. The topological polar surface area (TPSA) is 93.7 Å². The summed E-state index contributed by atoms with van der Waals surface area (Å²) in [6.45, 7) is 0.328. The number of rotatable bonds is 9. The minimum Gasteiger partial charge on any atom is -0.493 e. The van der Waals surface area contributed by atoms with Gasteiger partial charge in [0.25, 0.3) is 10.0 Å². The Morgan fingerprint density at radius 2 is 1.50 bits per heavy atom. The molecule has 0 aliphatic rings. The Hall–Kier alpha value is -3.59. The molecule has 2 N–H and O–H groups in total. The molecule has 0 fully saturated rings. The highest BCUT2D eigenvalue weighted by atomic mass is 32.2. The molecular formula is C23H23FN2O5S. The van der Waals surface area contributed by atoms with Crippen molar-refractivity contribution >= 4 is 21.6 Å². The Morgan fingerprint density at radius 1 is 0.875 bits per heavy atom.